The second kappa shape index (κ2) is 4.22. The summed E-state index contributed by atoms with van der Waals surface area (Å²) in [6.07, 6.45) is 0.872. The number of aromatic hydroxyl groups is 1. The van der Waals surface area contributed by atoms with Crippen molar-refractivity contribution >= 4 is 17.5 Å². The van der Waals surface area contributed by atoms with E-state index < -0.39 is 6.04 Å². The molecule has 0 radical (unpaired) electrons. The third-order valence-corrected chi connectivity index (χ3v) is 2.47. The van der Waals surface area contributed by atoms with E-state index in [-0.39, 0.29) is 17.6 Å². The third-order valence-electron chi connectivity index (χ3n) is 2.47. The standard InChI is InChI=1S/C11H12N2O3/c14-9-4-2-1-3-7(9)13-11(16)8-5-6-10(15)12-8/h1-4,8,14H,5-6H2,(H,12,15)(H,13,16). The molecule has 16 heavy (non-hydrogen) atoms. The fourth-order valence-corrected chi connectivity index (χ4v) is 1.61. The molecule has 5 nitrogen and oxygen atoms in total. The number of phenolic OH excluding ortho intramolecular Hbond substituents is 1. The molecule has 1 atom stereocenters. The summed E-state index contributed by atoms with van der Waals surface area (Å²) in [5.41, 5.74) is 0.355. The summed E-state index contributed by atoms with van der Waals surface area (Å²) >= 11 is 0. The van der Waals surface area contributed by atoms with E-state index in [1.807, 2.05) is 0 Å². The number of benzene rings is 1. The first-order valence-corrected chi connectivity index (χ1v) is 5.05. The lowest BCUT2D eigenvalue weighted by atomic mass is 10.2. The van der Waals surface area contributed by atoms with Crippen LogP contribution in [0.4, 0.5) is 5.69 Å². The predicted octanol–water partition coefficient (Wildman–Crippen LogP) is 0.609. The molecule has 0 aliphatic carbocycles. The molecule has 1 heterocycles. The molecule has 1 saturated heterocycles. The van der Waals surface area contributed by atoms with Gasteiger partial charge in [-0.05, 0) is 18.6 Å². The Balaban J connectivity index is 2.03. The van der Waals surface area contributed by atoms with Crippen LogP contribution in [0.3, 0.4) is 0 Å². The predicted molar refractivity (Wildman–Crippen MR) is 57.9 cm³/mol. The largest absolute Gasteiger partial charge is 0.506 e. The quantitative estimate of drug-likeness (QED) is 0.639. The molecule has 2 amide bonds. The molecule has 1 aliphatic heterocycles. The highest BCUT2D eigenvalue weighted by Crippen LogP contribution is 2.22. The minimum atomic E-state index is -0.493. The Hall–Kier alpha value is -2.04. The van der Waals surface area contributed by atoms with E-state index >= 15 is 0 Å². The van der Waals surface area contributed by atoms with Gasteiger partial charge in [-0.2, -0.15) is 0 Å². The monoisotopic (exact) mass is 220 g/mol. The summed E-state index contributed by atoms with van der Waals surface area (Å²) < 4.78 is 0. The zero-order valence-corrected chi connectivity index (χ0v) is 8.56. The van der Waals surface area contributed by atoms with E-state index in [0.717, 1.165) is 0 Å². The van der Waals surface area contributed by atoms with Crippen LogP contribution in [-0.4, -0.2) is 23.0 Å². The molecule has 0 spiro atoms. The van der Waals surface area contributed by atoms with Crippen molar-refractivity contribution in [3.05, 3.63) is 24.3 Å². The Morgan fingerprint density at radius 1 is 1.44 bits per heavy atom. The van der Waals surface area contributed by atoms with Crippen LogP contribution in [-0.2, 0) is 9.59 Å². The Kier molecular flexibility index (Phi) is 2.76. The van der Waals surface area contributed by atoms with Crippen molar-refractivity contribution in [3.8, 4) is 5.75 Å². The minimum absolute atomic E-state index is 0.0140. The highest BCUT2D eigenvalue weighted by molar-refractivity contribution is 5.99. The number of hydrogen-bond acceptors (Lipinski definition) is 3. The third kappa shape index (κ3) is 2.13. The molecule has 1 aliphatic rings. The van der Waals surface area contributed by atoms with Gasteiger partial charge in [-0.25, -0.2) is 0 Å². The number of para-hydroxylation sites is 2. The fourth-order valence-electron chi connectivity index (χ4n) is 1.61. The smallest absolute Gasteiger partial charge is 0.247 e. The van der Waals surface area contributed by atoms with Crippen LogP contribution in [0.2, 0.25) is 0 Å². The Morgan fingerprint density at radius 3 is 2.81 bits per heavy atom. The van der Waals surface area contributed by atoms with Crippen molar-refractivity contribution in [1.29, 1.82) is 0 Å². The highest BCUT2D eigenvalue weighted by Gasteiger charge is 2.27. The van der Waals surface area contributed by atoms with Gasteiger partial charge in [0.15, 0.2) is 0 Å². The summed E-state index contributed by atoms with van der Waals surface area (Å²) in [5.74, 6) is -0.398. The van der Waals surface area contributed by atoms with Crippen LogP contribution in [0.1, 0.15) is 12.8 Å². The summed E-state index contributed by atoms with van der Waals surface area (Å²) in [4.78, 5) is 22.6. The van der Waals surface area contributed by atoms with Crippen molar-refractivity contribution in [3.63, 3.8) is 0 Å². The number of amides is 2. The fraction of sp³-hybridized carbons (Fsp3) is 0.273. The van der Waals surface area contributed by atoms with Crippen LogP contribution in [0, 0.1) is 0 Å². The normalized spacial score (nSPS) is 19.2. The van der Waals surface area contributed by atoms with Gasteiger partial charge >= 0.3 is 0 Å². The topological polar surface area (TPSA) is 78.4 Å². The van der Waals surface area contributed by atoms with Crippen molar-refractivity contribution in [2.75, 3.05) is 5.32 Å². The van der Waals surface area contributed by atoms with E-state index in [1.54, 1.807) is 18.2 Å². The molecule has 0 aromatic heterocycles. The van der Waals surface area contributed by atoms with Gasteiger partial charge < -0.3 is 15.7 Å². The Labute approximate surface area is 92.5 Å². The average Bonchev–Trinajstić information content (AvgIpc) is 2.68. The van der Waals surface area contributed by atoms with Crippen molar-refractivity contribution < 1.29 is 14.7 Å². The Bertz CT molecular complexity index is 431. The van der Waals surface area contributed by atoms with E-state index in [2.05, 4.69) is 10.6 Å². The Morgan fingerprint density at radius 2 is 2.19 bits per heavy atom. The molecule has 1 fully saturated rings. The van der Waals surface area contributed by atoms with Crippen LogP contribution < -0.4 is 10.6 Å². The molecule has 1 aromatic rings. The zero-order chi connectivity index (χ0) is 11.5. The van der Waals surface area contributed by atoms with Crippen LogP contribution in [0.25, 0.3) is 0 Å². The van der Waals surface area contributed by atoms with E-state index in [9.17, 15) is 14.7 Å². The maximum Gasteiger partial charge on any atom is 0.247 e. The van der Waals surface area contributed by atoms with Gasteiger partial charge in [0.2, 0.25) is 11.8 Å². The molecule has 5 heteroatoms. The molecule has 1 aromatic carbocycles. The molecule has 0 saturated carbocycles. The maximum absolute atomic E-state index is 11.7. The zero-order valence-electron chi connectivity index (χ0n) is 8.56. The maximum atomic E-state index is 11.7. The van der Waals surface area contributed by atoms with Gasteiger partial charge in [-0.1, -0.05) is 12.1 Å². The summed E-state index contributed by atoms with van der Waals surface area (Å²) in [6, 6.07) is 5.98. The van der Waals surface area contributed by atoms with Crippen molar-refractivity contribution in [2.45, 2.75) is 18.9 Å². The van der Waals surface area contributed by atoms with Gasteiger partial charge in [0, 0.05) is 6.42 Å². The first-order chi connectivity index (χ1) is 7.66. The summed E-state index contributed by atoms with van der Waals surface area (Å²) in [7, 11) is 0. The van der Waals surface area contributed by atoms with Gasteiger partial charge in [0.1, 0.15) is 11.8 Å². The number of rotatable bonds is 2. The van der Waals surface area contributed by atoms with Gasteiger partial charge in [-0.15, -0.1) is 0 Å². The molecule has 2 rings (SSSR count). The number of carbonyl (C=O) groups excluding carboxylic acids is 2. The lowest BCUT2D eigenvalue weighted by molar-refractivity contribution is -0.122. The molecular formula is C11H12N2O3. The van der Waals surface area contributed by atoms with E-state index in [0.29, 0.717) is 18.5 Å². The minimum Gasteiger partial charge on any atom is -0.506 e. The summed E-state index contributed by atoms with van der Waals surface area (Å²) in [5, 5.41) is 14.6. The van der Waals surface area contributed by atoms with Gasteiger partial charge in [0.25, 0.3) is 0 Å². The van der Waals surface area contributed by atoms with Gasteiger partial charge in [0.05, 0.1) is 5.69 Å². The number of anilines is 1. The molecule has 0 bridgehead atoms. The van der Waals surface area contributed by atoms with Crippen molar-refractivity contribution in [2.24, 2.45) is 0 Å². The number of hydrogen-bond donors (Lipinski definition) is 3. The van der Waals surface area contributed by atoms with Crippen LogP contribution in [0.5, 0.6) is 5.75 Å². The van der Waals surface area contributed by atoms with Crippen molar-refractivity contribution in [1.82, 2.24) is 5.32 Å². The van der Waals surface area contributed by atoms with E-state index in [4.69, 9.17) is 0 Å². The van der Waals surface area contributed by atoms with Crippen LogP contribution in [0.15, 0.2) is 24.3 Å². The number of carbonyl (C=O) groups is 2. The van der Waals surface area contributed by atoms with E-state index in [1.165, 1.54) is 6.07 Å². The van der Waals surface area contributed by atoms with Gasteiger partial charge in [-0.3, -0.25) is 9.59 Å². The molecule has 1 unspecified atom stereocenters. The summed E-state index contributed by atoms with van der Waals surface area (Å²) in [6.45, 7) is 0. The lowest BCUT2D eigenvalue weighted by Crippen LogP contribution is -2.37. The second-order valence-corrected chi connectivity index (χ2v) is 3.67. The molecule has 84 valence electrons. The van der Waals surface area contributed by atoms with Crippen LogP contribution >= 0.6 is 0 Å². The number of phenols is 1. The average molecular weight is 220 g/mol. The second-order valence-electron chi connectivity index (χ2n) is 3.67. The first kappa shape index (κ1) is 10.5. The molecular weight excluding hydrogens is 208 g/mol. The lowest BCUT2D eigenvalue weighted by Gasteiger charge is -2.11. The highest BCUT2D eigenvalue weighted by atomic mass is 16.3. The first-order valence-electron chi connectivity index (χ1n) is 5.05. The number of nitrogens with one attached hydrogen (secondary N) is 2. The molecule has 3 N–H and O–H groups in total. The SMILES string of the molecule is O=C1CCC(C(=O)Nc2ccccc2O)N1.